The maximum atomic E-state index is 6.39. The molecular weight excluding hydrogens is 374 g/mol. The van der Waals surface area contributed by atoms with Gasteiger partial charge in [0.05, 0.1) is 36.1 Å². The van der Waals surface area contributed by atoms with E-state index in [0.29, 0.717) is 46.7 Å². The van der Waals surface area contributed by atoms with Crippen LogP contribution in [0.1, 0.15) is 6.42 Å². The van der Waals surface area contributed by atoms with Crippen LogP contribution in [0.4, 0.5) is 0 Å². The number of nitrogens with zero attached hydrogens (tertiary/aromatic N) is 4. The van der Waals surface area contributed by atoms with Crippen molar-refractivity contribution in [2.45, 2.75) is 24.7 Å². The number of pyridine rings is 1. The summed E-state index contributed by atoms with van der Waals surface area (Å²) in [7, 11) is 1.51. The minimum absolute atomic E-state index is 0.0539. The number of methoxy groups -OCH3 is 1. The maximum absolute atomic E-state index is 6.39. The Morgan fingerprint density at radius 2 is 2.07 bits per heavy atom. The van der Waals surface area contributed by atoms with Crippen molar-refractivity contribution in [1.29, 1.82) is 0 Å². The third-order valence-corrected chi connectivity index (χ3v) is 4.96. The Morgan fingerprint density at radius 3 is 2.89 bits per heavy atom. The van der Waals surface area contributed by atoms with Gasteiger partial charge in [-0.1, -0.05) is 11.6 Å². The van der Waals surface area contributed by atoms with E-state index < -0.39 is 0 Å². The van der Waals surface area contributed by atoms with Gasteiger partial charge in [-0.3, -0.25) is 0 Å². The van der Waals surface area contributed by atoms with Crippen LogP contribution in [-0.4, -0.2) is 63.6 Å². The molecule has 9 nitrogen and oxygen atoms in total. The molecule has 3 atom stereocenters. The lowest BCUT2D eigenvalue weighted by Gasteiger charge is -2.15. The Labute approximate surface area is 159 Å². The van der Waals surface area contributed by atoms with Gasteiger partial charge in [0.15, 0.2) is 11.8 Å². The molecule has 2 aliphatic heterocycles. The molecule has 3 aromatic heterocycles. The second kappa shape index (κ2) is 6.59. The number of H-pyrrole nitrogens is 1. The zero-order chi connectivity index (χ0) is 18.4. The molecule has 0 spiro atoms. The van der Waals surface area contributed by atoms with Gasteiger partial charge >= 0.3 is 6.01 Å². The van der Waals surface area contributed by atoms with E-state index in [1.165, 1.54) is 7.11 Å². The predicted octanol–water partition coefficient (Wildman–Crippen LogP) is 2.01. The van der Waals surface area contributed by atoms with Gasteiger partial charge in [-0.05, 0) is 12.5 Å². The topological polar surface area (TPSA) is 104 Å². The minimum Gasteiger partial charge on any atom is -0.467 e. The summed E-state index contributed by atoms with van der Waals surface area (Å²) in [6.45, 7) is 1.18. The molecule has 0 aromatic carbocycles. The molecule has 1 N–H and O–H groups in total. The molecule has 2 fully saturated rings. The number of aromatic amines is 1. The van der Waals surface area contributed by atoms with Crippen LogP contribution in [0.3, 0.4) is 0 Å². The summed E-state index contributed by atoms with van der Waals surface area (Å²) in [4.78, 5) is 20.2. The van der Waals surface area contributed by atoms with Crippen LogP contribution in [-0.2, 0) is 9.47 Å². The quantitative estimate of drug-likeness (QED) is 0.722. The van der Waals surface area contributed by atoms with Crippen LogP contribution in [0, 0.1) is 0 Å². The van der Waals surface area contributed by atoms with E-state index >= 15 is 0 Å². The number of ether oxygens (including phenoxy) is 4. The van der Waals surface area contributed by atoms with Crippen molar-refractivity contribution in [3.8, 4) is 23.3 Å². The molecule has 140 valence electrons. The molecule has 10 heteroatoms. The van der Waals surface area contributed by atoms with Crippen molar-refractivity contribution >= 4 is 22.8 Å². The number of imidazole rings is 1. The fraction of sp³-hybridized carbons (Fsp3) is 0.412. The Bertz CT molecular complexity index is 979. The van der Waals surface area contributed by atoms with Crippen LogP contribution in [0.2, 0.25) is 5.02 Å². The van der Waals surface area contributed by atoms with Gasteiger partial charge in [-0.15, -0.1) is 0 Å². The summed E-state index contributed by atoms with van der Waals surface area (Å²) in [6.07, 6.45) is 3.96. The van der Waals surface area contributed by atoms with Crippen molar-refractivity contribution in [3.63, 3.8) is 0 Å². The fourth-order valence-electron chi connectivity index (χ4n) is 3.37. The van der Waals surface area contributed by atoms with Gasteiger partial charge in [0, 0.05) is 24.6 Å². The molecule has 0 amide bonds. The summed E-state index contributed by atoms with van der Waals surface area (Å²) in [5.74, 6) is 0. The zero-order valence-corrected chi connectivity index (χ0v) is 15.1. The summed E-state index contributed by atoms with van der Waals surface area (Å²) in [6, 6.07) is 2.39. The Kier molecular flexibility index (Phi) is 4.07. The lowest BCUT2D eigenvalue weighted by molar-refractivity contribution is 0.0273. The van der Waals surface area contributed by atoms with Crippen LogP contribution < -0.4 is 9.47 Å². The number of hydrogen-bond acceptors (Lipinski definition) is 8. The van der Waals surface area contributed by atoms with E-state index in [2.05, 4.69) is 24.9 Å². The monoisotopic (exact) mass is 389 g/mol. The SMILES string of the molecule is COc1ncc(-c2nc3nc(OC4CO[C@@H]5CCO[C@H]45)[nH]c3cc2Cl)cn1. The molecule has 3 aromatic rings. The van der Waals surface area contributed by atoms with E-state index in [4.69, 9.17) is 30.5 Å². The molecule has 27 heavy (non-hydrogen) atoms. The fourth-order valence-corrected chi connectivity index (χ4v) is 3.63. The first-order valence-electron chi connectivity index (χ1n) is 8.54. The second-order valence-corrected chi connectivity index (χ2v) is 6.75. The van der Waals surface area contributed by atoms with Gasteiger partial charge in [0.1, 0.15) is 6.10 Å². The largest absolute Gasteiger partial charge is 0.467 e. The van der Waals surface area contributed by atoms with Gasteiger partial charge in [0.25, 0.3) is 6.01 Å². The third kappa shape index (κ3) is 2.97. The molecule has 2 saturated heterocycles. The number of aromatic nitrogens is 5. The highest BCUT2D eigenvalue weighted by Crippen LogP contribution is 2.31. The highest BCUT2D eigenvalue weighted by atomic mass is 35.5. The normalized spacial score (nSPS) is 24.3. The molecule has 0 bridgehead atoms. The van der Waals surface area contributed by atoms with Crippen LogP contribution in [0.5, 0.6) is 12.0 Å². The summed E-state index contributed by atoms with van der Waals surface area (Å²) in [5, 5.41) is 0.454. The van der Waals surface area contributed by atoms with Crippen LogP contribution in [0.15, 0.2) is 18.5 Å². The van der Waals surface area contributed by atoms with Gasteiger partial charge in [-0.2, -0.15) is 4.98 Å². The molecule has 0 aliphatic carbocycles. The number of hydrogen-bond donors (Lipinski definition) is 1. The number of nitrogens with one attached hydrogen (secondary N) is 1. The van der Waals surface area contributed by atoms with E-state index in [1.807, 2.05) is 0 Å². The van der Waals surface area contributed by atoms with Crippen molar-refractivity contribution in [3.05, 3.63) is 23.5 Å². The second-order valence-electron chi connectivity index (χ2n) is 6.34. The van der Waals surface area contributed by atoms with Gasteiger partial charge in [-0.25, -0.2) is 15.0 Å². The zero-order valence-electron chi connectivity index (χ0n) is 14.4. The summed E-state index contributed by atoms with van der Waals surface area (Å²) in [5.41, 5.74) is 2.37. The van der Waals surface area contributed by atoms with E-state index in [9.17, 15) is 0 Å². The molecule has 0 saturated carbocycles. The Morgan fingerprint density at radius 1 is 1.22 bits per heavy atom. The average Bonchev–Trinajstić information content (AvgIpc) is 3.38. The highest BCUT2D eigenvalue weighted by Gasteiger charge is 2.43. The molecular formula is C17H16ClN5O4. The van der Waals surface area contributed by atoms with Crippen molar-refractivity contribution in [1.82, 2.24) is 24.9 Å². The number of fused-ring (bicyclic) bond motifs is 2. The van der Waals surface area contributed by atoms with E-state index in [-0.39, 0.29) is 24.3 Å². The number of halogens is 1. The first-order chi connectivity index (χ1) is 13.2. The standard InChI is InChI=1S/C17H16ClN5O4/c1-24-16-19-5-8(6-20-16)13-9(18)4-10-15(22-13)23-17(21-10)27-12-7-26-11-2-3-25-14(11)12/h4-6,11-12,14H,2-3,7H2,1H3,(H,21,22,23)/t11-,12?,14+/m1/s1. The number of rotatable bonds is 4. The average molecular weight is 390 g/mol. The van der Waals surface area contributed by atoms with Crippen molar-refractivity contribution in [2.75, 3.05) is 20.3 Å². The minimum atomic E-state index is -0.192. The Balaban J connectivity index is 1.43. The highest BCUT2D eigenvalue weighted by molar-refractivity contribution is 6.33. The van der Waals surface area contributed by atoms with Crippen molar-refractivity contribution in [2.24, 2.45) is 0 Å². The lowest BCUT2D eigenvalue weighted by atomic mass is 10.1. The van der Waals surface area contributed by atoms with Crippen molar-refractivity contribution < 1.29 is 18.9 Å². The Hall–Kier alpha value is -2.49. The molecule has 5 rings (SSSR count). The summed E-state index contributed by atoms with van der Waals surface area (Å²) < 4.78 is 22.3. The van der Waals surface area contributed by atoms with Gasteiger partial charge in [0.2, 0.25) is 0 Å². The predicted molar refractivity (Wildman–Crippen MR) is 95.0 cm³/mol. The molecule has 0 radical (unpaired) electrons. The smallest absolute Gasteiger partial charge is 0.316 e. The van der Waals surface area contributed by atoms with Gasteiger partial charge < -0.3 is 23.9 Å². The molecule has 1 unspecified atom stereocenters. The van der Waals surface area contributed by atoms with E-state index in [1.54, 1.807) is 18.5 Å². The first kappa shape index (κ1) is 16.7. The maximum Gasteiger partial charge on any atom is 0.316 e. The molecule has 2 aliphatic rings. The molecule has 5 heterocycles. The van der Waals surface area contributed by atoms with Crippen LogP contribution in [0.25, 0.3) is 22.4 Å². The summed E-state index contributed by atoms with van der Waals surface area (Å²) >= 11 is 6.39. The van der Waals surface area contributed by atoms with Crippen LogP contribution >= 0.6 is 11.6 Å². The lowest BCUT2D eigenvalue weighted by Crippen LogP contribution is -2.32. The first-order valence-corrected chi connectivity index (χ1v) is 8.91. The van der Waals surface area contributed by atoms with E-state index in [0.717, 1.165) is 6.42 Å². The third-order valence-electron chi connectivity index (χ3n) is 4.67.